The molecule has 3 heterocycles. The molecule has 0 saturated carbocycles. The minimum atomic E-state index is -0.615. The Morgan fingerprint density at radius 3 is 2.89 bits per heavy atom. The molecule has 1 fully saturated rings. The SMILES string of the molecule is COCCn1cncc1Cn1cnc(-c2ccc(F)cc2F)c1C1CCOC1. The molecular weight excluding hydrogens is 366 g/mol. The predicted molar refractivity (Wildman–Crippen MR) is 99.0 cm³/mol. The molecule has 8 heteroatoms. The summed E-state index contributed by atoms with van der Waals surface area (Å²) in [7, 11) is 1.66. The molecule has 1 unspecified atom stereocenters. The average molecular weight is 388 g/mol. The van der Waals surface area contributed by atoms with Gasteiger partial charge in [-0.25, -0.2) is 18.7 Å². The third kappa shape index (κ3) is 3.70. The van der Waals surface area contributed by atoms with Crippen LogP contribution in [0, 0.1) is 11.6 Å². The van der Waals surface area contributed by atoms with E-state index in [0.29, 0.717) is 44.2 Å². The van der Waals surface area contributed by atoms with Crippen LogP contribution in [-0.4, -0.2) is 46.0 Å². The van der Waals surface area contributed by atoms with Gasteiger partial charge in [-0.2, -0.15) is 0 Å². The van der Waals surface area contributed by atoms with E-state index in [4.69, 9.17) is 9.47 Å². The second-order valence-electron chi connectivity index (χ2n) is 6.86. The van der Waals surface area contributed by atoms with E-state index in [1.807, 2.05) is 15.3 Å². The molecule has 1 aliphatic heterocycles. The fraction of sp³-hybridized carbons (Fsp3) is 0.400. The number of aromatic nitrogens is 4. The van der Waals surface area contributed by atoms with Crippen molar-refractivity contribution in [3.8, 4) is 11.3 Å². The van der Waals surface area contributed by atoms with Crippen molar-refractivity contribution in [2.45, 2.75) is 25.4 Å². The van der Waals surface area contributed by atoms with Crippen molar-refractivity contribution >= 4 is 0 Å². The molecule has 0 N–H and O–H groups in total. The zero-order valence-electron chi connectivity index (χ0n) is 15.6. The number of hydrogen-bond acceptors (Lipinski definition) is 4. The molecule has 1 saturated heterocycles. The van der Waals surface area contributed by atoms with E-state index < -0.39 is 11.6 Å². The van der Waals surface area contributed by atoms with Crippen molar-refractivity contribution in [2.75, 3.05) is 26.9 Å². The standard InChI is InChI=1S/C20H22F2N4O2/c1-27-7-5-25-12-23-9-16(25)10-26-13-24-19(20(26)14-4-6-28-11-14)17-3-2-15(21)8-18(17)22/h2-3,8-9,12-14H,4-7,10-11H2,1H3. The fourth-order valence-corrected chi connectivity index (χ4v) is 3.63. The van der Waals surface area contributed by atoms with Crippen LogP contribution < -0.4 is 0 Å². The molecule has 0 spiro atoms. The lowest BCUT2D eigenvalue weighted by molar-refractivity contribution is 0.186. The highest BCUT2D eigenvalue weighted by Gasteiger charge is 2.27. The molecule has 4 rings (SSSR count). The Labute approximate surface area is 161 Å². The van der Waals surface area contributed by atoms with Gasteiger partial charge in [-0.3, -0.25) is 0 Å². The van der Waals surface area contributed by atoms with E-state index >= 15 is 0 Å². The summed E-state index contributed by atoms with van der Waals surface area (Å²) < 4.78 is 42.6. The molecule has 0 aliphatic carbocycles. The van der Waals surface area contributed by atoms with Crippen LogP contribution in [0.4, 0.5) is 8.78 Å². The maximum atomic E-state index is 14.4. The van der Waals surface area contributed by atoms with E-state index in [2.05, 4.69) is 9.97 Å². The largest absolute Gasteiger partial charge is 0.383 e. The Hall–Kier alpha value is -2.58. The summed E-state index contributed by atoms with van der Waals surface area (Å²) in [5.41, 5.74) is 2.74. The highest BCUT2D eigenvalue weighted by molar-refractivity contribution is 5.63. The van der Waals surface area contributed by atoms with Crippen LogP contribution in [0.25, 0.3) is 11.3 Å². The number of halogens is 2. The molecule has 6 nitrogen and oxygen atoms in total. The first kappa shape index (κ1) is 18.8. The molecular formula is C20H22F2N4O2. The molecule has 28 heavy (non-hydrogen) atoms. The van der Waals surface area contributed by atoms with Gasteiger partial charge in [0.05, 0.1) is 49.5 Å². The highest BCUT2D eigenvalue weighted by Crippen LogP contribution is 2.35. The maximum absolute atomic E-state index is 14.4. The second-order valence-corrected chi connectivity index (χ2v) is 6.86. The van der Waals surface area contributed by atoms with Gasteiger partial charge < -0.3 is 18.6 Å². The Balaban J connectivity index is 1.72. The monoisotopic (exact) mass is 388 g/mol. The summed E-state index contributed by atoms with van der Waals surface area (Å²) in [5, 5.41) is 0. The number of rotatable bonds is 7. The summed E-state index contributed by atoms with van der Waals surface area (Å²) >= 11 is 0. The van der Waals surface area contributed by atoms with Crippen molar-refractivity contribution in [1.82, 2.24) is 19.1 Å². The number of nitrogens with zero attached hydrogens (tertiary/aromatic N) is 4. The van der Waals surface area contributed by atoms with Gasteiger partial charge in [0.2, 0.25) is 0 Å². The van der Waals surface area contributed by atoms with Crippen LogP contribution in [0.3, 0.4) is 0 Å². The highest BCUT2D eigenvalue weighted by atomic mass is 19.1. The zero-order chi connectivity index (χ0) is 19.5. The molecule has 2 aromatic heterocycles. The van der Waals surface area contributed by atoms with E-state index in [-0.39, 0.29) is 5.92 Å². The Kier molecular flexibility index (Phi) is 5.50. The van der Waals surface area contributed by atoms with E-state index in [0.717, 1.165) is 23.9 Å². The summed E-state index contributed by atoms with van der Waals surface area (Å²) in [5.74, 6) is -1.11. The molecule has 1 atom stereocenters. The lowest BCUT2D eigenvalue weighted by atomic mass is 9.98. The van der Waals surface area contributed by atoms with Crippen LogP contribution in [0.2, 0.25) is 0 Å². The summed E-state index contributed by atoms with van der Waals surface area (Å²) in [6, 6.07) is 3.59. The van der Waals surface area contributed by atoms with Crippen LogP contribution >= 0.6 is 0 Å². The van der Waals surface area contributed by atoms with Gasteiger partial charge in [-0.05, 0) is 18.6 Å². The average Bonchev–Trinajstić information content (AvgIpc) is 3.41. The summed E-state index contributed by atoms with van der Waals surface area (Å²) in [6.45, 7) is 3.05. The topological polar surface area (TPSA) is 54.1 Å². The number of benzene rings is 1. The normalized spacial score (nSPS) is 16.8. The van der Waals surface area contributed by atoms with E-state index in [9.17, 15) is 8.78 Å². The minimum absolute atomic E-state index is 0.109. The first-order valence-corrected chi connectivity index (χ1v) is 9.23. The predicted octanol–water partition coefficient (Wildman–Crippen LogP) is 3.22. The first-order chi connectivity index (χ1) is 13.7. The van der Waals surface area contributed by atoms with Crippen LogP contribution in [0.15, 0.2) is 37.1 Å². The minimum Gasteiger partial charge on any atom is -0.383 e. The van der Waals surface area contributed by atoms with Gasteiger partial charge in [0, 0.05) is 44.0 Å². The molecule has 148 valence electrons. The lowest BCUT2D eigenvalue weighted by Crippen LogP contribution is -2.13. The van der Waals surface area contributed by atoms with Crippen LogP contribution in [-0.2, 0) is 22.6 Å². The van der Waals surface area contributed by atoms with Crippen molar-refractivity contribution in [1.29, 1.82) is 0 Å². The fourth-order valence-electron chi connectivity index (χ4n) is 3.63. The molecule has 0 amide bonds. The molecule has 3 aromatic rings. The first-order valence-electron chi connectivity index (χ1n) is 9.23. The van der Waals surface area contributed by atoms with Gasteiger partial charge >= 0.3 is 0 Å². The third-order valence-corrected chi connectivity index (χ3v) is 5.05. The lowest BCUT2D eigenvalue weighted by Gasteiger charge is -2.16. The van der Waals surface area contributed by atoms with E-state index in [1.165, 1.54) is 12.1 Å². The summed E-state index contributed by atoms with van der Waals surface area (Å²) in [6.07, 6.45) is 6.12. The number of hydrogen-bond donors (Lipinski definition) is 0. The van der Waals surface area contributed by atoms with Crippen molar-refractivity contribution in [3.05, 3.63) is 60.1 Å². The van der Waals surface area contributed by atoms with Gasteiger partial charge in [0.25, 0.3) is 0 Å². The quantitative estimate of drug-likeness (QED) is 0.624. The smallest absolute Gasteiger partial charge is 0.135 e. The molecule has 1 aliphatic rings. The summed E-state index contributed by atoms with van der Waals surface area (Å²) in [4.78, 5) is 8.72. The maximum Gasteiger partial charge on any atom is 0.135 e. The Bertz CT molecular complexity index is 948. The second kappa shape index (κ2) is 8.20. The third-order valence-electron chi connectivity index (χ3n) is 5.05. The van der Waals surface area contributed by atoms with Crippen molar-refractivity contribution in [2.24, 2.45) is 0 Å². The zero-order valence-corrected chi connectivity index (χ0v) is 15.6. The Morgan fingerprint density at radius 1 is 1.25 bits per heavy atom. The molecule has 1 aromatic carbocycles. The van der Waals surface area contributed by atoms with Gasteiger partial charge in [0.15, 0.2) is 0 Å². The van der Waals surface area contributed by atoms with E-state index in [1.54, 1.807) is 19.8 Å². The van der Waals surface area contributed by atoms with Gasteiger partial charge in [-0.15, -0.1) is 0 Å². The number of methoxy groups -OCH3 is 1. The van der Waals surface area contributed by atoms with Crippen LogP contribution in [0.5, 0.6) is 0 Å². The number of ether oxygens (including phenoxy) is 2. The molecule has 0 radical (unpaired) electrons. The van der Waals surface area contributed by atoms with Crippen molar-refractivity contribution < 1.29 is 18.3 Å². The van der Waals surface area contributed by atoms with Gasteiger partial charge in [-0.1, -0.05) is 0 Å². The van der Waals surface area contributed by atoms with Gasteiger partial charge in [0.1, 0.15) is 11.6 Å². The van der Waals surface area contributed by atoms with Crippen LogP contribution in [0.1, 0.15) is 23.7 Å². The molecule has 0 bridgehead atoms. The number of imidazole rings is 2. The van der Waals surface area contributed by atoms with Crippen molar-refractivity contribution in [3.63, 3.8) is 0 Å². The Morgan fingerprint density at radius 2 is 2.14 bits per heavy atom.